The Morgan fingerprint density at radius 2 is 1.77 bits per heavy atom. The van der Waals surface area contributed by atoms with Gasteiger partial charge in [0, 0.05) is 0 Å². The first kappa shape index (κ1) is 19.9. The van der Waals surface area contributed by atoms with Crippen LogP contribution in [0.1, 0.15) is 44.2 Å². The van der Waals surface area contributed by atoms with Gasteiger partial charge >= 0.3 is 138 Å². The predicted molar refractivity (Wildman–Crippen MR) is 81.9 cm³/mol. The van der Waals surface area contributed by atoms with E-state index in [1.807, 2.05) is 0 Å². The fourth-order valence-electron chi connectivity index (χ4n) is 3.80. The Labute approximate surface area is 161 Å². The van der Waals surface area contributed by atoms with Crippen LogP contribution >= 0.6 is 0 Å². The average molecular weight is 412 g/mol. The molecule has 0 amide bonds. The third-order valence-electron chi connectivity index (χ3n) is 5.03. The average Bonchev–Trinajstić information content (AvgIpc) is 3.08. The van der Waals surface area contributed by atoms with Crippen molar-refractivity contribution in [1.29, 1.82) is 0 Å². The van der Waals surface area contributed by atoms with Gasteiger partial charge in [-0.05, 0) is 0 Å². The van der Waals surface area contributed by atoms with Crippen molar-refractivity contribution in [3.05, 3.63) is 62.0 Å². The van der Waals surface area contributed by atoms with Gasteiger partial charge in [0.1, 0.15) is 0 Å². The molecular weight excluding hydrogens is 390 g/mol. The summed E-state index contributed by atoms with van der Waals surface area (Å²) in [5, 5.41) is 0. The largest absolute Gasteiger partial charge is 1.00 e. The van der Waals surface area contributed by atoms with Crippen LogP contribution < -0.4 is 24.8 Å². The molecule has 0 heterocycles. The Morgan fingerprint density at radius 3 is 2.32 bits per heavy atom. The smallest absolute Gasteiger partial charge is 1.00 e. The summed E-state index contributed by atoms with van der Waals surface area (Å²) in [5.74, 6) is 0. The molecule has 0 aromatic heterocycles. The van der Waals surface area contributed by atoms with Crippen LogP contribution in [0.2, 0.25) is 0 Å². The molecule has 3 rings (SSSR count). The first-order chi connectivity index (χ1) is 9.71. The first-order valence-electron chi connectivity index (χ1n) is 7.62. The van der Waals surface area contributed by atoms with E-state index in [1.165, 1.54) is 30.4 Å². The van der Waals surface area contributed by atoms with Crippen molar-refractivity contribution >= 4 is 6.08 Å². The Balaban J connectivity index is 0.00000121. The molecule has 1 aromatic rings. The molecule has 2 aliphatic carbocycles. The standard InChI is InChI=1S/C19H21.2ClH.Zr/c1-3-19(4-2,17-11-7-8-12-17)18-13-15-9-5-6-10-16(15)14-18;;;/h5-7,9-11,13H,3-4,8,14H2,1-2H3;2*1H;/q;;;+2/p-2. The minimum absolute atomic E-state index is 0. The van der Waals surface area contributed by atoms with E-state index >= 15 is 0 Å². The molecule has 0 radical (unpaired) electrons. The fourth-order valence-corrected chi connectivity index (χ4v) is 4.88. The van der Waals surface area contributed by atoms with Crippen LogP contribution in [0.5, 0.6) is 0 Å². The molecule has 115 valence electrons. The maximum Gasteiger partial charge on any atom is -1.00 e. The molecule has 3 heteroatoms. The molecule has 0 bridgehead atoms. The van der Waals surface area contributed by atoms with Crippen molar-refractivity contribution in [1.82, 2.24) is 0 Å². The van der Waals surface area contributed by atoms with Crippen LogP contribution in [-0.2, 0) is 31.1 Å². The zero-order valence-electron chi connectivity index (χ0n) is 13.1. The molecule has 22 heavy (non-hydrogen) atoms. The van der Waals surface area contributed by atoms with Crippen LogP contribution in [0.15, 0.2) is 50.8 Å². The molecule has 0 saturated heterocycles. The van der Waals surface area contributed by atoms with Gasteiger partial charge in [-0.2, -0.15) is 0 Å². The number of halogens is 2. The SMILES string of the molecule is CCC(CC)(C1=Cc2ccccc2C1)C1=[C]([Zr+2])CC=C1.[Cl-].[Cl-]. The second-order valence-electron chi connectivity index (χ2n) is 5.83. The van der Waals surface area contributed by atoms with E-state index < -0.39 is 0 Å². The summed E-state index contributed by atoms with van der Waals surface area (Å²) < 4.78 is 1.65. The zero-order valence-corrected chi connectivity index (χ0v) is 17.1. The van der Waals surface area contributed by atoms with Gasteiger partial charge in [0.05, 0.1) is 0 Å². The third-order valence-corrected chi connectivity index (χ3v) is 6.20. The van der Waals surface area contributed by atoms with E-state index in [4.69, 9.17) is 0 Å². The maximum absolute atomic E-state index is 2.46. The summed E-state index contributed by atoms with van der Waals surface area (Å²) in [6.45, 7) is 4.71. The minimum atomic E-state index is 0. The number of benzene rings is 1. The molecular formula is C19H21Cl2Zr. The molecule has 0 nitrogen and oxygen atoms in total. The van der Waals surface area contributed by atoms with Gasteiger partial charge in [-0.15, -0.1) is 0 Å². The van der Waals surface area contributed by atoms with E-state index in [-0.39, 0.29) is 30.2 Å². The van der Waals surface area contributed by atoms with E-state index in [0.29, 0.717) is 0 Å². The number of allylic oxidation sites excluding steroid dienone is 5. The Bertz CT molecular complexity index is 622. The van der Waals surface area contributed by atoms with Gasteiger partial charge in [0.2, 0.25) is 0 Å². The summed E-state index contributed by atoms with van der Waals surface area (Å²) >= 11 is 1.59. The number of rotatable bonds is 4. The van der Waals surface area contributed by atoms with E-state index in [2.05, 4.69) is 56.3 Å². The quantitative estimate of drug-likeness (QED) is 0.609. The molecule has 0 unspecified atom stereocenters. The molecule has 1 aromatic carbocycles. The summed E-state index contributed by atoms with van der Waals surface area (Å²) in [7, 11) is 0. The summed E-state index contributed by atoms with van der Waals surface area (Å²) in [5.41, 5.74) is 6.46. The predicted octanol–water partition coefficient (Wildman–Crippen LogP) is -0.799. The Hall–Kier alpha value is -0.0969. The molecule has 0 atom stereocenters. The third kappa shape index (κ3) is 3.23. The molecule has 2 aliphatic rings. The van der Waals surface area contributed by atoms with Gasteiger partial charge in [-0.25, -0.2) is 0 Å². The van der Waals surface area contributed by atoms with Gasteiger partial charge in [-0.1, -0.05) is 0 Å². The van der Waals surface area contributed by atoms with Gasteiger partial charge in [0.15, 0.2) is 0 Å². The van der Waals surface area contributed by atoms with Crippen LogP contribution in [0.4, 0.5) is 0 Å². The minimum Gasteiger partial charge on any atom is -1.00 e. The Kier molecular flexibility index (Phi) is 7.38. The van der Waals surface area contributed by atoms with Crippen molar-refractivity contribution in [2.45, 2.75) is 39.5 Å². The summed E-state index contributed by atoms with van der Waals surface area (Å²) in [4.78, 5) is 0. The monoisotopic (exact) mass is 409 g/mol. The van der Waals surface area contributed by atoms with Crippen molar-refractivity contribution in [2.24, 2.45) is 5.41 Å². The second kappa shape index (κ2) is 8.14. The first-order valence-corrected chi connectivity index (χ1v) is 8.85. The molecule has 0 spiro atoms. The van der Waals surface area contributed by atoms with Crippen LogP contribution in [0, 0.1) is 5.41 Å². The normalized spacial score (nSPS) is 16.1. The molecule has 0 saturated carbocycles. The molecule has 0 N–H and O–H groups in total. The van der Waals surface area contributed by atoms with Crippen molar-refractivity contribution in [3.8, 4) is 0 Å². The van der Waals surface area contributed by atoms with E-state index in [0.717, 1.165) is 6.42 Å². The van der Waals surface area contributed by atoms with Gasteiger partial charge in [-0.3, -0.25) is 0 Å². The number of hydrogen-bond acceptors (Lipinski definition) is 0. The van der Waals surface area contributed by atoms with Crippen molar-refractivity contribution in [3.63, 3.8) is 0 Å². The molecule has 0 aliphatic heterocycles. The maximum atomic E-state index is 2.46. The van der Waals surface area contributed by atoms with E-state index in [9.17, 15) is 0 Å². The van der Waals surface area contributed by atoms with Crippen molar-refractivity contribution < 1.29 is 49.5 Å². The Morgan fingerprint density at radius 1 is 1.09 bits per heavy atom. The van der Waals surface area contributed by atoms with Crippen molar-refractivity contribution in [2.75, 3.05) is 0 Å². The van der Waals surface area contributed by atoms with E-state index in [1.54, 1.807) is 39.1 Å². The summed E-state index contributed by atoms with van der Waals surface area (Å²) in [6.07, 6.45) is 11.9. The second-order valence-corrected chi connectivity index (χ2v) is 7.32. The molecule has 0 fully saturated rings. The van der Waals surface area contributed by atoms with Crippen LogP contribution in [0.25, 0.3) is 6.08 Å². The number of fused-ring (bicyclic) bond motifs is 1. The van der Waals surface area contributed by atoms with Gasteiger partial charge in [0.25, 0.3) is 0 Å². The van der Waals surface area contributed by atoms with Crippen LogP contribution in [0.3, 0.4) is 0 Å². The van der Waals surface area contributed by atoms with Gasteiger partial charge < -0.3 is 24.8 Å². The topological polar surface area (TPSA) is 0 Å². The number of hydrogen-bond donors (Lipinski definition) is 0. The summed E-state index contributed by atoms with van der Waals surface area (Å²) in [6, 6.07) is 8.87. The fraction of sp³-hybridized carbons (Fsp3) is 0.368. The zero-order chi connectivity index (χ0) is 14.2. The van der Waals surface area contributed by atoms with Crippen LogP contribution in [-0.4, -0.2) is 0 Å².